The Morgan fingerprint density at radius 2 is 1.89 bits per heavy atom. The number of halogens is 4. The molecule has 38 heavy (non-hydrogen) atoms. The number of hydrogen-bond donors (Lipinski definition) is 1. The summed E-state index contributed by atoms with van der Waals surface area (Å²) in [4.78, 5) is 28.0. The van der Waals surface area contributed by atoms with Crippen molar-refractivity contribution in [3.8, 4) is 28.5 Å². The highest BCUT2D eigenvalue weighted by atomic mass is 19.4. The molecule has 0 aliphatic heterocycles. The van der Waals surface area contributed by atoms with E-state index in [1.54, 1.807) is 24.3 Å². The van der Waals surface area contributed by atoms with Crippen LogP contribution in [0.4, 0.5) is 23.2 Å². The summed E-state index contributed by atoms with van der Waals surface area (Å²) in [5.41, 5.74) is 1.17. The molecule has 12 heteroatoms. The average molecular weight is 526 g/mol. The van der Waals surface area contributed by atoms with Crippen LogP contribution in [0.2, 0.25) is 0 Å². The lowest BCUT2D eigenvalue weighted by Crippen LogP contribution is -2.09. The number of aldehydes is 1. The number of anilines is 1. The van der Waals surface area contributed by atoms with Crippen LogP contribution in [0.1, 0.15) is 46.1 Å². The number of pyridine rings is 1. The van der Waals surface area contributed by atoms with Gasteiger partial charge in [0.1, 0.15) is 17.8 Å². The van der Waals surface area contributed by atoms with Crippen LogP contribution in [0.25, 0.3) is 22.6 Å². The van der Waals surface area contributed by atoms with E-state index in [9.17, 15) is 18.0 Å². The second-order valence-corrected chi connectivity index (χ2v) is 8.90. The predicted molar refractivity (Wildman–Crippen MR) is 130 cm³/mol. The Kier molecular flexibility index (Phi) is 6.55. The van der Waals surface area contributed by atoms with Crippen molar-refractivity contribution in [2.24, 2.45) is 7.05 Å². The summed E-state index contributed by atoms with van der Waals surface area (Å²) < 4.78 is 61.5. The molecule has 5 rings (SSSR count). The molecule has 0 radical (unpaired) electrons. The smallest absolute Gasteiger partial charge is 0.434 e. The number of carbonyl (C=O) groups is 1. The Balaban J connectivity index is 1.42. The van der Waals surface area contributed by atoms with Crippen LogP contribution in [0, 0.1) is 5.82 Å². The second kappa shape index (κ2) is 9.84. The number of aromatic nitrogens is 5. The fourth-order valence-electron chi connectivity index (χ4n) is 4.20. The van der Waals surface area contributed by atoms with Crippen LogP contribution >= 0.6 is 0 Å². The zero-order chi connectivity index (χ0) is 27.0. The number of nitrogens with zero attached hydrogens (tertiary/aromatic N) is 5. The lowest BCUT2D eigenvalue weighted by atomic mass is 10.0. The van der Waals surface area contributed by atoms with Gasteiger partial charge in [-0.1, -0.05) is 24.3 Å². The summed E-state index contributed by atoms with van der Waals surface area (Å²) >= 11 is 0. The molecule has 8 nitrogen and oxygen atoms in total. The quantitative estimate of drug-likeness (QED) is 0.242. The molecule has 4 aromatic rings. The van der Waals surface area contributed by atoms with E-state index in [1.807, 2.05) is 0 Å². The van der Waals surface area contributed by atoms with Crippen LogP contribution in [0.3, 0.4) is 0 Å². The van der Waals surface area contributed by atoms with Gasteiger partial charge in [-0.3, -0.25) is 9.78 Å². The summed E-state index contributed by atoms with van der Waals surface area (Å²) in [5, 5.41) is 2.96. The van der Waals surface area contributed by atoms with Crippen LogP contribution in [0.5, 0.6) is 5.88 Å². The van der Waals surface area contributed by atoms with Gasteiger partial charge in [-0.05, 0) is 18.4 Å². The lowest BCUT2D eigenvalue weighted by Gasteiger charge is -2.16. The molecular formula is C26H22F4N6O2. The predicted octanol–water partition coefficient (Wildman–Crippen LogP) is 5.41. The molecule has 1 aliphatic rings. The fraction of sp³-hybridized carbons (Fsp3) is 0.269. The van der Waals surface area contributed by atoms with Crippen LogP contribution in [0.15, 0.2) is 43.0 Å². The Hall–Kier alpha value is -4.35. The Morgan fingerprint density at radius 3 is 2.50 bits per heavy atom. The summed E-state index contributed by atoms with van der Waals surface area (Å²) in [6, 6.07) is 6.62. The number of nitrogens with one attached hydrogen (secondary N) is 1. The van der Waals surface area contributed by atoms with E-state index >= 15 is 4.39 Å². The Morgan fingerprint density at radius 1 is 1.16 bits per heavy atom. The topological polar surface area (TPSA) is 94.8 Å². The molecule has 1 saturated carbocycles. The number of benzene rings is 1. The second-order valence-electron chi connectivity index (χ2n) is 8.90. The minimum absolute atomic E-state index is 0.0250. The first-order valence-electron chi connectivity index (χ1n) is 11.7. The third-order valence-electron chi connectivity index (χ3n) is 6.26. The minimum Gasteiger partial charge on any atom is -0.480 e. The third-order valence-corrected chi connectivity index (χ3v) is 6.26. The largest absolute Gasteiger partial charge is 0.480 e. The molecule has 3 heterocycles. The number of alkyl halides is 3. The van der Waals surface area contributed by atoms with E-state index in [2.05, 4.69) is 25.3 Å². The molecular weight excluding hydrogens is 504 g/mol. The molecule has 0 unspecified atom stereocenters. The van der Waals surface area contributed by atoms with Gasteiger partial charge in [-0.15, -0.1) is 0 Å². The molecule has 1 aromatic carbocycles. The van der Waals surface area contributed by atoms with Crippen molar-refractivity contribution in [1.29, 1.82) is 0 Å². The summed E-state index contributed by atoms with van der Waals surface area (Å²) in [6.45, 7) is 0.133. The maximum atomic E-state index is 15.8. The van der Waals surface area contributed by atoms with Crippen molar-refractivity contribution in [2.45, 2.75) is 31.5 Å². The zero-order valence-corrected chi connectivity index (χ0v) is 20.4. The summed E-state index contributed by atoms with van der Waals surface area (Å²) in [6.07, 6.45) is 1.36. The molecule has 0 saturated heterocycles. The van der Waals surface area contributed by atoms with E-state index in [-0.39, 0.29) is 41.1 Å². The van der Waals surface area contributed by atoms with Crippen molar-refractivity contribution in [1.82, 2.24) is 24.5 Å². The van der Waals surface area contributed by atoms with Crippen molar-refractivity contribution >= 4 is 12.0 Å². The van der Waals surface area contributed by atoms with Crippen molar-refractivity contribution in [2.75, 3.05) is 12.4 Å². The van der Waals surface area contributed by atoms with E-state index in [0.717, 1.165) is 19.0 Å². The highest BCUT2D eigenvalue weighted by molar-refractivity contribution is 5.86. The molecule has 3 aromatic heterocycles. The highest BCUT2D eigenvalue weighted by Gasteiger charge is 2.35. The Labute approximate surface area is 214 Å². The SMILES string of the molecule is COc1ncnc(C2CC2)c1-c1ncc(C=O)c(NCc2ccc(-c3nc(C(F)(F)F)cn3C)cc2)c1F. The van der Waals surface area contributed by atoms with Crippen molar-refractivity contribution in [3.63, 3.8) is 0 Å². The lowest BCUT2D eigenvalue weighted by molar-refractivity contribution is -0.140. The van der Waals surface area contributed by atoms with Gasteiger partial charge < -0.3 is 14.6 Å². The monoisotopic (exact) mass is 526 g/mol. The van der Waals surface area contributed by atoms with Gasteiger partial charge in [0, 0.05) is 37.5 Å². The molecule has 1 fully saturated rings. The molecule has 0 spiro atoms. The van der Waals surface area contributed by atoms with E-state index in [4.69, 9.17) is 4.74 Å². The maximum Gasteiger partial charge on any atom is 0.434 e. The molecule has 0 amide bonds. The Bertz CT molecular complexity index is 1500. The van der Waals surface area contributed by atoms with Gasteiger partial charge in [0.25, 0.3) is 0 Å². The molecule has 0 atom stereocenters. The number of aryl methyl sites for hydroxylation is 1. The first kappa shape index (κ1) is 25.3. The summed E-state index contributed by atoms with van der Waals surface area (Å²) in [7, 11) is 2.91. The number of imidazole rings is 1. The summed E-state index contributed by atoms with van der Waals surface area (Å²) in [5.74, 6) is -0.226. The van der Waals surface area contributed by atoms with Crippen molar-refractivity contribution in [3.05, 3.63) is 71.3 Å². The number of hydrogen-bond acceptors (Lipinski definition) is 7. The zero-order valence-electron chi connectivity index (χ0n) is 20.4. The van der Waals surface area contributed by atoms with Gasteiger partial charge in [0.2, 0.25) is 5.88 Å². The van der Waals surface area contributed by atoms with Gasteiger partial charge in [-0.25, -0.2) is 19.3 Å². The first-order valence-corrected chi connectivity index (χ1v) is 11.7. The maximum absolute atomic E-state index is 15.8. The average Bonchev–Trinajstić information content (AvgIpc) is 3.67. The third kappa shape index (κ3) is 4.81. The van der Waals surface area contributed by atoms with E-state index in [1.165, 1.54) is 31.2 Å². The standard InChI is InChI=1S/C26H22F4N6O2/c1-36-11-18(26(28,29)30)35-24(36)16-5-3-14(4-6-16)9-31-22-17(12-37)10-32-23(20(22)27)19-21(15-7-8-15)33-13-34-25(19)38-2/h3-6,10-13,15H,7-9H2,1-2H3,(H,31,32). The highest BCUT2D eigenvalue weighted by Crippen LogP contribution is 2.46. The number of rotatable bonds is 8. The van der Waals surface area contributed by atoms with E-state index < -0.39 is 17.7 Å². The van der Waals surface area contributed by atoms with Gasteiger partial charge in [0.05, 0.1) is 29.6 Å². The first-order chi connectivity index (χ1) is 18.2. The van der Waals surface area contributed by atoms with Crippen LogP contribution in [-0.4, -0.2) is 37.9 Å². The minimum atomic E-state index is -4.54. The molecule has 196 valence electrons. The van der Waals surface area contributed by atoms with Crippen LogP contribution in [-0.2, 0) is 19.8 Å². The normalized spacial score (nSPS) is 13.4. The van der Waals surface area contributed by atoms with Crippen molar-refractivity contribution < 1.29 is 27.1 Å². The number of carbonyl (C=O) groups excluding carboxylic acids is 1. The molecule has 1 aliphatic carbocycles. The molecule has 0 bridgehead atoms. The number of ether oxygens (including phenoxy) is 1. The number of methoxy groups -OCH3 is 1. The van der Waals surface area contributed by atoms with Gasteiger partial charge >= 0.3 is 6.18 Å². The molecule has 1 N–H and O–H groups in total. The van der Waals surface area contributed by atoms with Gasteiger partial charge in [-0.2, -0.15) is 13.2 Å². The van der Waals surface area contributed by atoms with Gasteiger partial charge in [0.15, 0.2) is 17.8 Å². The fourth-order valence-corrected chi connectivity index (χ4v) is 4.20. The van der Waals surface area contributed by atoms with Crippen LogP contribution < -0.4 is 10.1 Å². The van der Waals surface area contributed by atoms with E-state index in [0.29, 0.717) is 28.7 Å².